The molecule has 15 heavy (non-hydrogen) atoms. The Labute approximate surface area is 87.5 Å². The molecule has 0 bridgehead atoms. The quantitative estimate of drug-likeness (QED) is 0.561. The van der Waals surface area contributed by atoms with Crippen LogP contribution in [0.2, 0.25) is 0 Å². The Hall–Kier alpha value is -1.44. The molecule has 7 heteroatoms. The second-order valence-corrected chi connectivity index (χ2v) is 4.42. The van der Waals surface area contributed by atoms with E-state index in [1.165, 1.54) is 12.1 Å². The molecule has 0 heterocycles. The standard InChI is InChI=1S/C8H11N3O3S/c9-8(12)6-10-11-15(13,14)7-4-2-1-3-5-7/h1-5,10-11H,6H2,(H2,9,12). The predicted molar refractivity (Wildman–Crippen MR) is 54.0 cm³/mol. The van der Waals surface area contributed by atoms with Crippen molar-refractivity contribution in [3.8, 4) is 0 Å². The van der Waals surface area contributed by atoms with Crippen LogP contribution in [0, 0.1) is 0 Å². The van der Waals surface area contributed by atoms with Crippen molar-refractivity contribution >= 4 is 15.9 Å². The summed E-state index contributed by atoms with van der Waals surface area (Å²) in [6.07, 6.45) is 0. The number of carbonyl (C=O) groups excluding carboxylic acids is 1. The van der Waals surface area contributed by atoms with Crippen LogP contribution in [0.15, 0.2) is 35.2 Å². The fourth-order valence-corrected chi connectivity index (χ4v) is 1.77. The summed E-state index contributed by atoms with van der Waals surface area (Å²) >= 11 is 0. The van der Waals surface area contributed by atoms with Gasteiger partial charge in [-0.3, -0.25) is 4.79 Å². The first-order valence-corrected chi connectivity index (χ1v) is 5.59. The van der Waals surface area contributed by atoms with Crippen LogP contribution in [-0.4, -0.2) is 20.9 Å². The smallest absolute Gasteiger partial charge is 0.253 e. The van der Waals surface area contributed by atoms with Crippen LogP contribution >= 0.6 is 0 Å². The van der Waals surface area contributed by atoms with E-state index in [1.54, 1.807) is 18.2 Å². The Kier molecular flexibility index (Phi) is 3.78. The van der Waals surface area contributed by atoms with Gasteiger partial charge < -0.3 is 5.73 Å². The molecule has 1 rings (SSSR count). The Balaban J connectivity index is 2.65. The second-order valence-electron chi connectivity index (χ2n) is 2.74. The highest BCUT2D eigenvalue weighted by molar-refractivity contribution is 7.89. The Morgan fingerprint density at radius 3 is 2.40 bits per heavy atom. The van der Waals surface area contributed by atoms with Gasteiger partial charge in [0.1, 0.15) is 0 Å². The first kappa shape index (κ1) is 11.6. The van der Waals surface area contributed by atoms with Crippen molar-refractivity contribution in [3.05, 3.63) is 30.3 Å². The Morgan fingerprint density at radius 1 is 1.27 bits per heavy atom. The van der Waals surface area contributed by atoms with Crippen molar-refractivity contribution in [1.29, 1.82) is 0 Å². The second kappa shape index (κ2) is 4.87. The molecule has 0 aliphatic heterocycles. The molecule has 0 aliphatic carbocycles. The van der Waals surface area contributed by atoms with Crippen LogP contribution in [0.3, 0.4) is 0 Å². The molecule has 1 aromatic rings. The molecule has 0 spiro atoms. The summed E-state index contributed by atoms with van der Waals surface area (Å²) in [5, 5.41) is 0. The highest BCUT2D eigenvalue weighted by atomic mass is 32.2. The summed E-state index contributed by atoms with van der Waals surface area (Å²) in [4.78, 5) is 12.5. The van der Waals surface area contributed by atoms with Crippen molar-refractivity contribution in [1.82, 2.24) is 10.3 Å². The zero-order valence-corrected chi connectivity index (χ0v) is 8.62. The van der Waals surface area contributed by atoms with Gasteiger partial charge in [-0.15, -0.1) is 4.83 Å². The molecule has 1 amide bonds. The van der Waals surface area contributed by atoms with Gasteiger partial charge in [-0.25, -0.2) is 13.8 Å². The van der Waals surface area contributed by atoms with Crippen molar-refractivity contribution in [2.45, 2.75) is 4.90 Å². The zero-order chi connectivity index (χ0) is 11.3. The third-order valence-electron chi connectivity index (χ3n) is 1.52. The average Bonchev–Trinajstić information content (AvgIpc) is 2.18. The number of hydrogen-bond acceptors (Lipinski definition) is 4. The highest BCUT2D eigenvalue weighted by Gasteiger charge is 2.12. The Bertz CT molecular complexity index is 430. The first-order chi connectivity index (χ1) is 7.02. The first-order valence-electron chi connectivity index (χ1n) is 4.10. The summed E-state index contributed by atoms with van der Waals surface area (Å²) in [7, 11) is -3.62. The monoisotopic (exact) mass is 229 g/mol. The van der Waals surface area contributed by atoms with Crippen LogP contribution in [0.4, 0.5) is 0 Å². The van der Waals surface area contributed by atoms with E-state index in [2.05, 4.69) is 5.43 Å². The molecule has 82 valence electrons. The highest BCUT2D eigenvalue weighted by Crippen LogP contribution is 2.05. The minimum Gasteiger partial charge on any atom is -0.369 e. The molecular formula is C8H11N3O3S. The number of amides is 1. The van der Waals surface area contributed by atoms with Crippen molar-refractivity contribution in [2.24, 2.45) is 5.73 Å². The number of rotatable bonds is 5. The normalized spacial score (nSPS) is 11.2. The zero-order valence-electron chi connectivity index (χ0n) is 7.80. The van der Waals surface area contributed by atoms with E-state index in [0.29, 0.717) is 0 Å². The molecule has 0 unspecified atom stereocenters. The lowest BCUT2D eigenvalue weighted by molar-refractivity contribution is -0.117. The fraction of sp³-hybridized carbons (Fsp3) is 0.125. The van der Waals surface area contributed by atoms with E-state index in [9.17, 15) is 13.2 Å². The molecule has 0 atom stereocenters. The van der Waals surface area contributed by atoms with Gasteiger partial charge in [0.2, 0.25) is 5.91 Å². The largest absolute Gasteiger partial charge is 0.369 e. The lowest BCUT2D eigenvalue weighted by Gasteiger charge is -2.06. The molecule has 4 N–H and O–H groups in total. The maximum Gasteiger partial charge on any atom is 0.253 e. The summed E-state index contributed by atoms with van der Waals surface area (Å²) in [6, 6.07) is 7.78. The lowest BCUT2D eigenvalue weighted by Crippen LogP contribution is -2.42. The summed E-state index contributed by atoms with van der Waals surface area (Å²) < 4.78 is 23.0. The number of sulfonamides is 1. The topological polar surface area (TPSA) is 101 Å². The maximum absolute atomic E-state index is 11.5. The third-order valence-corrected chi connectivity index (χ3v) is 2.83. The van der Waals surface area contributed by atoms with Gasteiger partial charge in [0.05, 0.1) is 11.4 Å². The molecular weight excluding hydrogens is 218 g/mol. The molecule has 0 fully saturated rings. The number of benzene rings is 1. The van der Waals surface area contributed by atoms with E-state index in [0.717, 1.165) is 0 Å². The molecule has 6 nitrogen and oxygen atoms in total. The van der Waals surface area contributed by atoms with Gasteiger partial charge >= 0.3 is 0 Å². The SMILES string of the molecule is NC(=O)CNNS(=O)(=O)c1ccccc1. The maximum atomic E-state index is 11.5. The van der Waals surface area contributed by atoms with E-state index in [4.69, 9.17) is 5.73 Å². The average molecular weight is 229 g/mol. The van der Waals surface area contributed by atoms with Gasteiger partial charge in [-0.2, -0.15) is 0 Å². The van der Waals surface area contributed by atoms with Crippen LogP contribution in [0.5, 0.6) is 0 Å². The minimum atomic E-state index is -3.62. The van der Waals surface area contributed by atoms with Gasteiger partial charge in [0.25, 0.3) is 10.0 Å². The molecule has 0 radical (unpaired) electrons. The van der Waals surface area contributed by atoms with E-state index < -0.39 is 15.9 Å². The van der Waals surface area contributed by atoms with Gasteiger partial charge in [-0.1, -0.05) is 18.2 Å². The van der Waals surface area contributed by atoms with Gasteiger partial charge in [-0.05, 0) is 12.1 Å². The molecule has 1 aromatic carbocycles. The number of primary amides is 1. The number of nitrogens with two attached hydrogens (primary N) is 1. The van der Waals surface area contributed by atoms with Gasteiger partial charge in [0.15, 0.2) is 0 Å². The Morgan fingerprint density at radius 2 is 1.87 bits per heavy atom. The van der Waals surface area contributed by atoms with Crippen molar-refractivity contribution in [2.75, 3.05) is 6.54 Å². The molecule has 0 aliphatic rings. The van der Waals surface area contributed by atoms with Crippen LogP contribution < -0.4 is 16.0 Å². The van der Waals surface area contributed by atoms with Crippen molar-refractivity contribution < 1.29 is 13.2 Å². The number of carbonyl (C=O) groups is 1. The summed E-state index contributed by atoms with van der Waals surface area (Å²) in [6.45, 7) is -0.258. The van der Waals surface area contributed by atoms with Crippen LogP contribution in [0.1, 0.15) is 0 Å². The van der Waals surface area contributed by atoms with Crippen molar-refractivity contribution in [3.63, 3.8) is 0 Å². The molecule has 0 saturated heterocycles. The van der Waals surface area contributed by atoms with Gasteiger partial charge in [0, 0.05) is 0 Å². The minimum absolute atomic E-state index is 0.113. The van der Waals surface area contributed by atoms with E-state index in [1.807, 2.05) is 4.83 Å². The van der Waals surface area contributed by atoms with E-state index in [-0.39, 0.29) is 11.4 Å². The third kappa shape index (κ3) is 3.66. The molecule has 0 aromatic heterocycles. The summed E-state index contributed by atoms with van der Waals surface area (Å²) in [5.74, 6) is -0.647. The van der Waals surface area contributed by atoms with E-state index >= 15 is 0 Å². The lowest BCUT2D eigenvalue weighted by atomic mass is 10.4. The predicted octanol–water partition coefficient (Wildman–Crippen LogP) is -1.05. The number of nitrogens with one attached hydrogen (secondary N) is 2. The number of hydrogen-bond donors (Lipinski definition) is 3. The van der Waals surface area contributed by atoms with Crippen LogP contribution in [0.25, 0.3) is 0 Å². The van der Waals surface area contributed by atoms with Crippen LogP contribution in [-0.2, 0) is 14.8 Å². The number of hydrazine groups is 1. The molecule has 0 saturated carbocycles. The summed E-state index contributed by atoms with van der Waals surface area (Å²) in [5.41, 5.74) is 7.04. The fourth-order valence-electron chi connectivity index (χ4n) is 0.877.